The predicted molar refractivity (Wildman–Crippen MR) is 69.0 cm³/mol. The molecule has 0 aliphatic carbocycles. The number of esters is 1. The van der Waals surface area contributed by atoms with Crippen molar-refractivity contribution in [3.8, 4) is 0 Å². The van der Waals surface area contributed by atoms with E-state index in [0.717, 1.165) is 4.47 Å². The summed E-state index contributed by atoms with van der Waals surface area (Å²) in [7, 11) is 0. The lowest BCUT2D eigenvalue weighted by Crippen LogP contribution is -2.05. The van der Waals surface area contributed by atoms with Crippen LogP contribution in [0.4, 0.5) is 0 Å². The first-order valence-electron chi connectivity index (χ1n) is 5.44. The molecule has 4 nitrogen and oxygen atoms in total. The first-order valence-corrected chi connectivity index (χ1v) is 6.23. The first kappa shape index (κ1) is 13.7. The number of hydrogen-bond acceptors (Lipinski definition) is 4. The topological polar surface area (TPSA) is 52.3 Å². The summed E-state index contributed by atoms with van der Waals surface area (Å²) in [6.07, 6.45) is 0. The Morgan fingerprint density at radius 1 is 1.47 bits per heavy atom. The van der Waals surface area contributed by atoms with Crippen molar-refractivity contribution in [3.05, 3.63) is 28.4 Å². The van der Waals surface area contributed by atoms with Crippen LogP contribution in [-0.4, -0.2) is 17.7 Å². The summed E-state index contributed by atoms with van der Waals surface area (Å²) in [5.74, 6) is -0.460. The van der Waals surface area contributed by atoms with Crippen LogP contribution < -0.4 is 0 Å². The lowest BCUT2D eigenvalue weighted by molar-refractivity contribution is 0.0517. The fourth-order valence-electron chi connectivity index (χ4n) is 1.26. The van der Waals surface area contributed by atoms with Crippen molar-refractivity contribution in [2.24, 2.45) is 0 Å². The van der Waals surface area contributed by atoms with E-state index >= 15 is 0 Å². The van der Waals surface area contributed by atoms with Gasteiger partial charge in [-0.2, -0.15) is 0 Å². The zero-order valence-corrected chi connectivity index (χ0v) is 11.6. The molecule has 0 fully saturated rings. The van der Waals surface area contributed by atoms with E-state index in [1.54, 1.807) is 19.1 Å². The highest BCUT2D eigenvalue weighted by molar-refractivity contribution is 9.10. The Bertz CT molecular complexity index is 507. The van der Waals surface area contributed by atoms with E-state index in [1.807, 2.05) is 19.9 Å². The number of ether oxygens (including phenoxy) is 1. The highest BCUT2D eigenvalue weighted by atomic mass is 79.9. The summed E-state index contributed by atoms with van der Waals surface area (Å²) >= 11 is 3.31. The van der Waals surface area contributed by atoms with Gasteiger partial charge in [0.15, 0.2) is 11.3 Å². The molecule has 17 heavy (non-hydrogen) atoms. The van der Waals surface area contributed by atoms with Crippen molar-refractivity contribution in [2.75, 3.05) is 6.61 Å². The SMILES string of the molecule is CC.CCOC(=O)c1noc2cc(Br)ccc12. The molecule has 5 heteroatoms. The van der Waals surface area contributed by atoms with Gasteiger partial charge in [0.2, 0.25) is 0 Å². The normalized spacial score (nSPS) is 9.65. The summed E-state index contributed by atoms with van der Waals surface area (Å²) in [6, 6.07) is 5.34. The van der Waals surface area contributed by atoms with Gasteiger partial charge >= 0.3 is 5.97 Å². The molecule has 0 N–H and O–H groups in total. The Morgan fingerprint density at radius 2 is 2.18 bits per heavy atom. The second kappa shape index (κ2) is 6.39. The number of halogens is 1. The molecule has 92 valence electrons. The fourth-order valence-corrected chi connectivity index (χ4v) is 1.60. The van der Waals surface area contributed by atoms with Gasteiger partial charge in [-0.25, -0.2) is 4.79 Å². The molecular formula is C12H14BrNO3. The highest BCUT2D eigenvalue weighted by Crippen LogP contribution is 2.22. The molecule has 1 heterocycles. The standard InChI is InChI=1S/C10H8BrNO3.C2H6/c1-2-14-10(13)9-7-4-3-6(11)5-8(7)15-12-9;1-2/h3-5H,2H2,1H3;1-2H3. The average molecular weight is 300 g/mol. The molecule has 0 atom stereocenters. The molecule has 0 aliphatic rings. The van der Waals surface area contributed by atoms with E-state index in [-0.39, 0.29) is 5.69 Å². The minimum Gasteiger partial charge on any atom is -0.461 e. The second-order valence-electron chi connectivity index (χ2n) is 2.89. The van der Waals surface area contributed by atoms with E-state index in [1.165, 1.54) is 0 Å². The van der Waals surface area contributed by atoms with Gasteiger partial charge in [-0.3, -0.25) is 0 Å². The summed E-state index contributed by atoms with van der Waals surface area (Å²) in [5.41, 5.74) is 0.784. The van der Waals surface area contributed by atoms with Crippen LogP contribution >= 0.6 is 15.9 Å². The first-order chi connectivity index (χ1) is 8.22. The zero-order valence-electron chi connectivity index (χ0n) is 9.99. The number of rotatable bonds is 2. The zero-order chi connectivity index (χ0) is 12.8. The molecule has 1 aromatic heterocycles. The van der Waals surface area contributed by atoms with Crippen LogP contribution in [0.5, 0.6) is 0 Å². The van der Waals surface area contributed by atoms with Crippen LogP contribution in [0.1, 0.15) is 31.3 Å². The number of fused-ring (bicyclic) bond motifs is 1. The van der Waals surface area contributed by atoms with Crippen LogP contribution in [0.2, 0.25) is 0 Å². The third-order valence-corrected chi connectivity index (χ3v) is 2.40. The summed E-state index contributed by atoms with van der Waals surface area (Å²) < 4.78 is 10.7. The lowest BCUT2D eigenvalue weighted by Gasteiger charge is -1.96. The Hall–Kier alpha value is -1.36. The van der Waals surface area contributed by atoms with Gasteiger partial charge in [-0.1, -0.05) is 34.9 Å². The van der Waals surface area contributed by atoms with Gasteiger partial charge in [-0.05, 0) is 25.1 Å². The van der Waals surface area contributed by atoms with Crippen LogP contribution in [0.15, 0.2) is 27.2 Å². The van der Waals surface area contributed by atoms with Crippen molar-refractivity contribution in [1.29, 1.82) is 0 Å². The number of benzene rings is 1. The van der Waals surface area contributed by atoms with E-state index in [4.69, 9.17) is 9.26 Å². The van der Waals surface area contributed by atoms with Crippen molar-refractivity contribution in [1.82, 2.24) is 5.16 Å². The van der Waals surface area contributed by atoms with E-state index < -0.39 is 5.97 Å². The number of nitrogens with zero attached hydrogens (tertiary/aromatic N) is 1. The number of carbonyl (C=O) groups is 1. The summed E-state index contributed by atoms with van der Waals surface area (Å²) in [6.45, 7) is 6.07. The lowest BCUT2D eigenvalue weighted by atomic mass is 10.2. The Morgan fingerprint density at radius 3 is 2.82 bits per heavy atom. The molecule has 0 amide bonds. The number of carbonyl (C=O) groups excluding carboxylic acids is 1. The molecule has 1 aromatic carbocycles. The molecule has 0 saturated carbocycles. The quantitative estimate of drug-likeness (QED) is 0.792. The molecule has 0 spiro atoms. The van der Waals surface area contributed by atoms with Gasteiger partial charge < -0.3 is 9.26 Å². The van der Waals surface area contributed by atoms with Gasteiger partial charge in [-0.15, -0.1) is 0 Å². The van der Waals surface area contributed by atoms with Crippen molar-refractivity contribution in [3.63, 3.8) is 0 Å². The van der Waals surface area contributed by atoms with E-state index in [9.17, 15) is 4.79 Å². The van der Waals surface area contributed by atoms with Crippen LogP contribution in [0.3, 0.4) is 0 Å². The smallest absolute Gasteiger partial charge is 0.361 e. The van der Waals surface area contributed by atoms with Gasteiger partial charge in [0.25, 0.3) is 0 Å². The van der Waals surface area contributed by atoms with E-state index in [2.05, 4.69) is 21.1 Å². The predicted octanol–water partition coefficient (Wildman–Crippen LogP) is 3.79. The largest absolute Gasteiger partial charge is 0.461 e. The summed E-state index contributed by atoms with van der Waals surface area (Å²) in [5, 5.41) is 4.35. The monoisotopic (exact) mass is 299 g/mol. The van der Waals surface area contributed by atoms with Crippen LogP contribution in [-0.2, 0) is 4.74 Å². The Kier molecular flexibility index (Phi) is 5.15. The van der Waals surface area contributed by atoms with Gasteiger partial charge in [0, 0.05) is 4.47 Å². The Labute approximate surface area is 108 Å². The van der Waals surface area contributed by atoms with Crippen molar-refractivity contribution in [2.45, 2.75) is 20.8 Å². The molecule has 0 saturated heterocycles. The van der Waals surface area contributed by atoms with Crippen LogP contribution in [0, 0.1) is 0 Å². The maximum Gasteiger partial charge on any atom is 0.361 e. The second-order valence-corrected chi connectivity index (χ2v) is 3.81. The molecule has 0 bridgehead atoms. The summed E-state index contributed by atoms with van der Waals surface area (Å²) in [4.78, 5) is 11.4. The maximum atomic E-state index is 11.4. The maximum absolute atomic E-state index is 11.4. The molecule has 2 rings (SSSR count). The fraction of sp³-hybridized carbons (Fsp3) is 0.333. The van der Waals surface area contributed by atoms with Gasteiger partial charge in [0.05, 0.1) is 12.0 Å². The minimum absolute atomic E-state index is 0.222. The van der Waals surface area contributed by atoms with Gasteiger partial charge in [0.1, 0.15) is 0 Å². The third-order valence-electron chi connectivity index (χ3n) is 1.90. The third kappa shape index (κ3) is 3.06. The molecular weight excluding hydrogens is 286 g/mol. The van der Waals surface area contributed by atoms with E-state index in [0.29, 0.717) is 17.6 Å². The number of aromatic nitrogens is 1. The average Bonchev–Trinajstić information content (AvgIpc) is 2.74. The highest BCUT2D eigenvalue weighted by Gasteiger charge is 2.16. The molecule has 0 radical (unpaired) electrons. The Balaban J connectivity index is 0.000000686. The van der Waals surface area contributed by atoms with Crippen molar-refractivity contribution >= 4 is 32.9 Å². The molecule has 0 unspecified atom stereocenters. The molecule has 0 aliphatic heterocycles. The van der Waals surface area contributed by atoms with Crippen LogP contribution in [0.25, 0.3) is 11.0 Å². The number of hydrogen-bond donors (Lipinski definition) is 0. The van der Waals surface area contributed by atoms with Crippen molar-refractivity contribution < 1.29 is 14.1 Å². The minimum atomic E-state index is -0.460. The molecule has 2 aromatic rings.